The van der Waals surface area contributed by atoms with E-state index < -0.39 is 6.04 Å². The minimum atomic E-state index is -0.591. The summed E-state index contributed by atoms with van der Waals surface area (Å²) in [6.07, 6.45) is 5.14. The van der Waals surface area contributed by atoms with Gasteiger partial charge in [-0.2, -0.15) is 0 Å². The molecule has 3 amide bonds. The van der Waals surface area contributed by atoms with Crippen LogP contribution in [-0.4, -0.2) is 72.0 Å². The Morgan fingerprint density at radius 2 is 1.94 bits per heavy atom. The molecule has 0 aromatic heterocycles. The first-order valence-electron chi connectivity index (χ1n) is 11.4. The largest absolute Gasteiger partial charge is 0.489 e. The Morgan fingerprint density at radius 1 is 1.03 bits per heavy atom. The second-order valence-corrected chi connectivity index (χ2v) is 8.88. The van der Waals surface area contributed by atoms with Crippen molar-refractivity contribution in [2.45, 2.75) is 63.3 Å². The maximum atomic E-state index is 12.9. The van der Waals surface area contributed by atoms with Crippen LogP contribution in [0.2, 0.25) is 0 Å². The van der Waals surface area contributed by atoms with Crippen molar-refractivity contribution >= 4 is 17.7 Å². The van der Waals surface area contributed by atoms with E-state index >= 15 is 0 Å². The highest BCUT2D eigenvalue weighted by atomic mass is 16.5. The lowest BCUT2D eigenvalue weighted by Gasteiger charge is -2.31. The number of hydrogen-bond acceptors (Lipinski definition) is 6. The molecule has 1 aromatic carbocycles. The van der Waals surface area contributed by atoms with Gasteiger partial charge in [0, 0.05) is 44.3 Å². The zero-order valence-electron chi connectivity index (χ0n) is 17.7. The zero-order chi connectivity index (χ0) is 21.4. The van der Waals surface area contributed by atoms with E-state index in [1.54, 1.807) is 4.90 Å². The highest BCUT2D eigenvalue weighted by Gasteiger charge is 2.39. The molecule has 3 aliphatic heterocycles. The number of imide groups is 1. The molecule has 1 N–H and O–H groups in total. The van der Waals surface area contributed by atoms with Crippen LogP contribution in [0.25, 0.3) is 0 Å². The predicted octanol–water partition coefficient (Wildman–Crippen LogP) is 1.47. The number of nitrogens with zero attached hydrogens (tertiary/aromatic N) is 2. The van der Waals surface area contributed by atoms with Gasteiger partial charge in [0.1, 0.15) is 17.9 Å². The normalized spacial score (nSPS) is 29.6. The fourth-order valence-corrected chi connectivity index (χ4v) is 5.36. The predicted molar refractivity (Wildman–Crippen MR) is 112 cm³/mol. The maximum absolute atomic E-state index is 12.9. The second-order valence-electron chi connectivity index (χ2n) is 8.88. The van der Waals surface area contributed by atoms with Crippen molar-refractivity contribution in [2.75, 3.05) is 26.3 Å². The molecule has 4 aliphatic rings. The zero-order valence-corrected chi connectivity index (χ0v) is 17.7. The molecular weight excluding hydrogens is 398 g/mol. The molecule has 3 fully saturated rings. The fraction of sp³-hybridized carbons (Fsp3) is 0.609. The Hall–Kier alpha value is -2.45. The van der Waals surface area contributed by atoms with Crippen molar-refractivity contribution in [1.29, 1.82) is 0 Å². The van der Waals surface area contributed by atoms with E-state index in [0.717, 1.165) is 63.3 Å². The van der Waals surface area contributed by atoms with Crippen LogP contribution < -0.4 is 10.1 Å². The van der Waals surface area contributed by atoms with Crippen LogP contribution in [0.5, 0.6) is 5.75 Å². The van der Waals surface area contributed by atoms with E-state index in [-0.39, 0.29) is 30.2 Å². The van der Waals surface area contributed by atoms with Crippen molar-refractivity contribution < 1.29 is 23.9 Å². The van der Waals surface area contributed by atoms with Crippen molar-refractivity contribution in [3.63, 3.8) is 0 Å². The molecule has 1 aliphatic carbocycles. The summed E-state index contributed by atoms with van der Waals surface area (Å²) in [5.41, 5.74) is 1.50. The first kappa shape index (κ1) is 20.5. The molecule has 5 rings (SSSR count). The summed E-state index contributed by atoms with van der Waals surface area (Å²) in [5, 5.41) is 2.34. The minimum absolute atomic E-state index is 0.138. The summed E-state index contributed by atoms with van der Waals surface area (Å²) >= 11 is 0. The second kappa shape index (κ2) is 8.59. The average Bonchev–Trinajstić information content (AvgIpc) is 3.22. The molecule has 8 heteroatoms. The van der Waals surface area contributed by atoms with Gasteiger partial charge < -0.3 is 14.4 Å². The lowest BCUT2D eigenvalue weighted by atomic mass is 10.0. The lowest BCUT2D eigenvalue weighted by molar-refractivity contribution is -0.136. The van der Waals surface area contributed by atoms with Crippen molar-refractivity contribution in [3.05, 3.63) is 29.3 Å². The van der Waals surface area contributed by atoms with Crippen LogP contribution in [0.15, 0.2) is 18.2 Å². The highest BCUT2D eigenvalue weighted by molar-refractivity contribution is 6.05. The summed E-state index contributed by atoms with van der Waals surface area (Å²) in [6.45, 7) is 3.97. The van der Waals surface area contributed by atoms with Crippen LogP contribution in [0, 0.1) is 0 Å². The quantitative estimate of drug-likeness (QED) is 0.733. The van der Waals surface area contributed by atoms with Gasteiger partial charge in [-0.3, -0.25) is 24.6 Å². The summed E-state index contributed by atoms with van der Waals surface area (Å²) in [6, 6.07) is 5.43. The maximum Gasteiger partial charge on any atom is 0.255 e. The molecule has 1 unspecified atom stereocenters. The number of hydrogen-bond donors (Lipinski definition) is 1. The van der Waals surface area contributed by atoms with Crippen LogP contribution in [0.1, 0.15) is 54.4 Å². The molecule has 0 spiro atoms. The molecular formula is C23H29N3O5. The molecule has 3 heterocycles. The smallest absolute Gasteiger partial charge is 0.255 e. The number of ether oxygens (including phenoxy) is 2. The van der Waals surface area contributed by atoms with Gasteiger partial charge in [-0.15, -0.1) is 0 Å². The third-order valence-corrected chi connectivity index (χ3v) is 6.93. The fourth-order valence-electron chi connectivity index (χ4n) is 5.36. The third-order valence-electron chi connectivity index (χ3n) is 6.93. The van der Waals surface area contributed by atoms with Crippen LogP contribution in [-0.2, 0) is 20.9 Å². The SMILES string of the molecule is O=C1CCC(N2Cc3cc(O[C@H]4CCC[C@@H]4N4CCCOCC4)ccc3C2=O)C(=O)N1. The van der Waals surface area contributed by atoms with Crippen molar-refractivity contribution in [1.82, 2.24) is 15.1 Å². The van der Waals surface area contributed by atoms with E-state index in [4.69, 9.17) is 9.47 Å². The molecule has 8 nitrogen and oxygen atoms in total. The van der Waals surface area contributed by atoms with Gasteiger partial charge in [0.25, 0.3) is 5.91 Å². The molecule has 0 bridgehead atoms. The average molecular weight is 428 g/mol. The summed E-state index contributed by atoms with van der Waals surface area (Å²) in [5.74, 6) is -0.0358. The number of carbonyl (C=O) groups excluding carboxylic acids is 3. The summed E-state index contributed by atoms with van der Waals surface area (Å²) < 4.78 is 12.0. The van der Waals surface area contributed by atoms with E-state index in [1.807, 2.05) is 18.2 Å². The first-order chi connectivity index (χ1) is 15.1. The van der Waals surface area contributed by atoms with Gasteiger partial charge in [0.15, 0.2) is 0 Å². The summed E-state index contributed by atoms with van der Waals surface area (Å²) in [7, 11) is 0. The Morgan fingerprint density at radius 3 is 2.81 bits per heavy atom. The van der Waals surface area contributed by atoms with E-state index in [1.165, 1.54) is 0 Å². The number of amides is 3. The number of carbonyl (C=O) groups is 3. The molecule has 166 valence electrons. The summed E-state index contributed by atoms with van der Waals surface area (Å²) in [4.78, 5) is 40.6. The number of piperidine rings is 1. The Bertz CT molecular complexity index is 880. The number of nitrogens with one attached hydrogen (secondary N) is 1. The van der Waals surface area contributed by atoms with E-state index in [0.29, 0.717) is 24.6 Å². The topological polar surface area (TPSA) is 88.2 Å². The van der Waals surface area contributed by atoms with Crippen LogP contribution in [0.3, 0.4) is 0 Å². The molecule has 1 saturated carbocycles. The van der Waals surface area contributed by atoms with E-state index in [2.05, 4.69) is 10.2 Å². The number of benzene rings is 1. The first-order valence-corrected chi connectivity index (χ1v) is 11.4. The van der Waals surface area contributed by atoms with E-state index in [9.17, 15) is 14.4 Å². The van der Waals surface area contributed by atoms with Crippen LogP contribution >= 0.6 is 0 Å². The third kappa shape index (κ3) is 4.06. The van der Waals surface area contributed by atoms with Crippen molar-refractivity contribution in [2.24, 2.45) is 0 Å². The highest BCUT2D eigenvalue weighted by Crippen LogP contribution is 2.33. The Balaban J connectivity index is 1.28. The lowest BCUT2D eigenvalue weighted by Crippen LogP contribution is -2.52. The van der Waals surface area contributed by atoms with Gasteiger partial charge in [-0.1, -0.05) is 0 Å². The standard InChI is InChI=1S/C23H29N3O5/c27-21-8-7-19(22(28)24-21)26-14-15-13-16(5-6-17(15)23(26)29)31-20-4-1-3-18(20)25-9-2-11-30-12-10-25/h5-6,13,18-20H,1-4,7-12,14H2,(H,24,27,28)/t18-,19?,20-/m0/s1. The Kier molecular flexibility index (Phi) is 5.67. The number of fused-ring (bicyclic) bond motifs is 1. The van der Waals surface area contributed by atoms with Gasteiger partial charge in [-0.25, -0.2) is 0 Å². The molecule has 3 atom stereocenters. The van der Waals surface area contributed by atoms with Gasteiger partial charge in [0.2, 0.25) is 11.8 Å². The minimum Gasteiger partial charge on any atom is -0.489 e. The molecule has 1 aromatic rings. The molecule has 31 heavy (non-hydrogen) atoms. The Labute approximate surface area is 181 Å². The monoisotopic (exact) mass is 427 g/mol. The molecule has 0 radical (unpaired) electrons. The van der Waals surface area contributed by atoms with Gasteiger partial charge >= 0.3 is 0 Å². The van der Waals surface area contributed by atoms with Gasteiger partial charge in [0.05, 0.1) is 6.61 Å². The van der Waals surface area contributed by atoms with Crippen molar-refractivity contribution in [3.8, 4) is 5.75 Å². The van der Waals surface area contributed by atoms with Gasteiger partial charge in [-0.05, 0) is 55.9 Å². The van der Waals surface area contributed by atoms with Crippen LogP contribution in [0.4, 0.5) is 0 Å². The number of rotatable bonds is 4. The molecule has 2 saturated heterocycles.